The first kappa shape index (κ1) is 17.5. The van der Waals surface area contributed by atoms with E-state index in [1.165, 1.54) is 11.1 Å². The zero-order chi connectivity index (χ0) is 16.7. The van der Waals surface area contributed by atoms with E-state index in [2.05, 4.69) is 66.4 Å². The SMILES string of the molecule is CC=C[C@@H](C(C)O)N(Cc1ccccc1)[C@@H](C)c1ccccc1. The molecule has 23 heavy (non-hydrogen) atoms. The maximum Gasteiger partial charge on any atom is 0.0703 e. The molecule has 0 saturated carbocycles. The number of allylic oxidation sites excluding steroid dienone is 1. The number of benzene rings is 2. The molecule has 122 valence electrons. The largest absolute Gasteiger partial charge is 0.391 e. The van der Waals surface area contributed by atoms with E-state index in [1.54, 1.807) is 0 Å². The molecule has 0 aliphatic rings. The summed E-state index contributed by atoms with van der Waals surface area (Å²) in [4.78, 5) is 2.36. The molecular weight excluding hydrogens is 282 g/mol. The van der Waals surface area contributed by atoms with Gasteiger partial charge in [0.1, 0.15) is 0 Å². The van der Waals surface area contributed by atoms with E-state index in [9.17, 15) is 5.11 Å². The third kappa shape index (κ3) is 4.78. The van der Waals surface area contributed by atoms with Crippen molar-refractivity contribution in [3.63, 3.8) is 0 Å². The monoisotopic (exact) mass is 309 g/mol. The molecule has 3 atom stereocenters. The van der Waals surface area contributed by atoms with E-state index in [4.69, 9.17) is 0 Å². The first-order chi connectivity index (χ1) is 11.1. The number of hydrogen-bond acceptors (Lipinski definition) is 2. The summed E-state index contributed by atoms with van der Waals surface area (Å²) in [5.41, 5.74) is 2.52. The number of nitrogens with zero attached hydrogens (tertiary/aromatic N) is 1. The van der Waals surface area contributed by atoms with E-state index in [0.29, 0.717) is 0 Å². The molecule has 2 rings (SSSR count). The van der Waals surface area contributed by atoms with Gasteiger partial charge >= 0.3 is 0 Å². The van der Waals surface area contributed by atoms with E-state index < -0.39 is 6.10 Å². The minimum atomic E-state index is -0.430. The summed E-state index contributed by atoms with van der Waals surface area (Å²) in [7, 11) is 0. The lowest BCUT2D eigenvalue weighted by Crippen LogP contribution is -2.42. The zero-order valence-electron chi connectivity index (χ0n) is 14.3. The van der Waals surface area contributed by atoms with Crippen molar-refractivity contribution >= 4 is 0 Å². The van der Waals surface area contributed by atoms with Crippen molar-refractivity contribution in [1.29, 1.82) is 0 Å². The molecule has 0 fully saturated rings. The van der Waals surface area contributed by atoms with Crippen LogP contribution in [0.5, 0.6) is 0 Å². The Hall–Kier alpha value is -1.90. The molecule has 1 unspecified atom stereocenters. The second-order valence-corrected chi connectivity index (χ2v) is 6.00. The summed E-state index contributed by atoms with van der Waals surface area (Å²) >= 11 is 0. The molecule has 2 nitrogen and oxygen atoms in total. The van der Waals surface area contributed by atoms with Crippen molar-refractivity contribution in [1.82, 2.24) is 4.90 Å². The maximum atomic E-state index is 10.3. The van der Waals surface area contributed by atoms with Crippen molar-refractivity contribution in [2.75, 3.05) is 0 Å². The van der Waals surface area contributed by atoms with E-state index >= 15 is 0 Å². The Kier molecular flexibility index (Phi) is 6.57. The van der Waals surface area contributed by atoms with Crippen LogP contribution in [0.15, 0.2) is 72.8 Å². The smallest absolute Gasteiger partial charge is 0.0703 e. The van der Waals surface area contributed by atoms with Gasteiger partial charge < -0.3 is 5.11 Å². The Morgan fingerprint density at radius 3 is 2.04 bits per heavy atom. The first-order valence-electron chi connectivity index (χ1n) is 8.29. The third-order valence-corrected chi connectivity index (χ3v) is 4.25. The van der Waals surface area contributed by atoms with E-state index in [-0.39, 0.29) is 12.1 Å². The highest BCUT2D eigenvalue weighted by atomic mass is 16.3. The van der Waals surface area contributed by atoms with Gasteiger partial charge in [0.05, 0.1) is 12.1 Å². The van der Waals surface area contributed by atoms with Gasteiger partial charge in [0, 0.05) is 12.6 Å². The van der Waals surface area contributed by atoms with Gasteiger partial charge in [-0.15, -0.1) is 0 Å². The second kappa shape index (κ2) is 8.66. The van der Waals surface area contributed by atoms with Crippen molar-refractivity contribution in [2.45, 2.75) is 45.5 Å². The highest BCUT2D eigenvalue weighted by Crippen LogP contribution is 2.26. The minimum Gasteiger partial charge on any atom is -0.391 e. The van der Waals surface area contributed by atoms with Crippen molar-refractivity contribution in [3.8, 4) is 0 Å². The minimum absolute atomic E-state index is 0.0181. The topological polar surface area (TPSA) is 23.5 Å². The van der Waals surface area contributed by atoms with E-state index in [1.807, 2.05) is 32.1 Å². The maximum absolute atomic E-state index is 10.3. The van der Waals surface area contributed by atoms with Gasteiger partial charge in [0.2, 0.25) is 0 Å². The summed E-state index contributed by atoms with van der Waals surface area (Å²) in [5, 5.41) is 10.3. The molecule has 0 aromatic heterocycles. The molecule has 0 aliphatic carbocycles. The van der Waals surface area contributed by atoms with Crippen LogP contribution < -0.4 is 0 Å². The van der Waals surface area contributed by atoms with Gasteiger partial charge in [0.25, 0.3) is 0 Å². The van der Waals surface area contributed by atoms with Crippen molar-refractivity contribution < 1.29 is 5.11 Å². The molecule has 2 heteroatoms. The predicted molar refractivity (Wildman–Crippen MR) is 97.1 cm³/mol. The average molecular weight is 309 g/mol. The molecule has 0 aliphatic heterocycles. The predicted octanol–water partition coefficient (Wildman–Crippen LogP) is 4.58. The Balaban J connectivity index is 2.33. The molecule has 1 N–H and O–H groups in total. The number of rotatable bonds is 7. The molecular formula is C21H27NO. The number of aliphatic hydroxyl groups excluding tert-OH is 1. The van der Waals surface area contributed by atoms with Crippen LogP contribution in [0.1, 0.15) is 37.9 Å². The van der Waals surface area contributed by atoms with Crippen LogP contribution in [-0.4, -0.2) is 22.2 Å². The normalized spacial score (nSPS) is 15.7. The molecule has 2 aromatic carbocycles. The fourth-order valence-electron chi connectivity index (χ4n) is 2.96. The standard InChI is InChI=1S/C21H27NO/c1-4-11-21(18(3)23)22(16-19-12-7-5-8-13-19)17(2)20-14-9-6-10-15-20/h4-15,17-18,21,23H,16H2,1-3H3/t17-,18?,21-/m0/s1. The van der Waals surface area contributed by atoms with Crippen molar-refractivity contribution in [3.05, 3.63) is 83.9 Å². The molecule has 0 spiro atoms. The molecule has 0 heterocycles. The highest BCUT2D eigenvalue weighted by Gasteiger charge is 2.26. The number of aliphatic hydroxyl groups is 1. The first-order valence-corrected chi connectivity index (χ1v) is 8.29. The zero-order valence-corrected chi connectivity index (χ0v) is 14.3. The summed E-state index contributed by atoms with van der Waals surface area (Å²) in [5.74, 6) is 0. The summed E-state index contributed by atoms with van der Waals surface area (Å²) in [6.45, 7) is 6.87. The van der Waals surface area contributed by atoms with Crippen LogP contribution in [0.2, 0.25) is 0 Å². The van der Waals surface area contributed by atoms with Gasteiger partial charge in [-0.1, -0.05) is 72.8 Å². The Bertz CT molecular complexity index is 592. The fraction of sp³-hybridized carbons (Fsp3) is 0.333. The molecule has 0 saturated heterocycles. The molecule has 2 aromatic rings. The summed E-state index contributed by atoms with van der Waals surface area (Å²) in [6, 6.07) is 21.1. The van der Waals surface area contributed by atoms with Crippen LogP contribution in [0.25, 0.3) is 0 Å². The molecule has 0 radical (unpaired) electrons. The van der Waals surface area contributed by atoms with Crippen LogP contribution >= 0.6 is 0 Å². The fourth-order valence-corrected chi connectivity index (χ4v) is 2.96. The van der Waals surface area contributed by atoms with Crippen molar-refractivity contribution in [2.24, 2.45) is 0 Å². The van der Waals surface area contributed by atoms with Gasteiger partial charge in [-0.2, -0.15) is 0 Å². The third-order valence-electron chi connectivity index (χ3n) is 4.25. The van der Waals surface area contributed by atoms with Gasteiger partial charge in [-0.05, 0) is 31.9 Å². The number of hydrogen-bond donors (Lipinski definition) is 1. The van der Waals surface area contributed by atoms with Gasteiger partial charge in [-0.25, -0.2) is 0 Å². The van der Waals surface area contributed by atoms with Crippen LogP contribution in [0.4, 0.5) is 0 Å². The average Bonchev–Trinajstić information content (AvgIpc) is 2.59. The Labute approximate surface area is 140 Å². The van der Waals surface area contributed by atoms with E-state index in [0.717, 1.165) is 6.54 Å². The lowest BCUT2D eigenvalue weighted by molar-refractivity contribution is 0.0564. The Morgan fingerprint density at radius 1 is 0.957 bits per heavy atom. The molecule has 0 amide bonds. The Morgan fingerprint density at radius 2 is 1.52 bits per heavy atom. The lowest BCUT2D eigenvalue weighted by atomic mass is 10.0. The lowest BCUT2D eigenvalue weighted by Gasteiger charge is -2.37. The van der Waals surface area contributed by atoms with Gasteiger partial charge in [0.15, 0.2) is 0 Å². The molecule has 0 bridgehead atoms. The quantitative estimate of drug-likeness (QED) is 0.757. The van der Waals surface area contributed by atoms with Gasteiger partial charge in [-0.3, -0.25) is 4.90 Å². The summed E-state index contributed by atoms with van der Waals surface area (Å²) < 4.78 is 0. The summed E-state index contributed by atoms with van der Waals surface area (Å²) in [6.07, 6.45) is 3.68. The van der Waals surface area contributed by atoms with Crippen LogP contribution in [-0.2, 0) is 6.54 Å². The second-order valence-electron chi connectivity index (χ2n) is 6.00. The van der Waals surface area contributed by atoms with Crippen LogP contribution in [0.3, 0.4) is 0 Å². The van der Waals surface area contributed by atoms with Crippen LogP contribution in [0, 0.1) is 0 Å². The highest BCUT2D eigenvalue weighted by molar-refractivity contribution is 5.21.